The van der Waals surface area contributed by atoms with E-state index in [9.17, 15) is 9.59 Å². The van der Waals surface area contributed by atoms with Crippen LogP contribution in [0.1, 0.15) is 18.1 Å². The third-order valence-corrected chi connectivity index (χ3v) is 4.82. The van der Waals surface area contributed by atoms with Gasteiger partial charge in [0, 0.05) is 5.02 Å². The number of amides is 2. The van der Waals surface area contributed by atoms with E-state index in [0.29, 0.717) is 46.0 Å². The van der Waals surface area contributed by atoms with Crippen molar-refractivity contribution in [1.29, 1.82) is 0 Å². The molecule has 2 amide bonds. The zero-order valence-corrected chi connectivity index (χ0v) is 19.2. The van der Waals surface area contributed by atoms with Gasteiger partial charge in [-0.05, 0) is 60.5 Å². The predicted molar refractivity (Wildman–Crippen MR) is 129 cm³/mol. The lowest BCUT2D eigenvalue weighted by atomic mass is 10.2. The Hall–Kier alpha value is -3.55. The molecule has 7 nitrogen and oxygen atoms in total. The zero-order valence-electron chi connectivity index (χ0n) is 17.7. The van der Waals surface area contributed by atoms with Crippen LogP contribution in [0.4, 0.5) is 5.69 Å². The highest BCUT2D eigenvalue weighted by Crippen LogP contribution is 2.29. The van der Waals surface area contributed by atoms with Crippen LogP contribution in [0.25, 0.3) is 0 Å². The second kappa shape index (κ2) is 11.9. The van der Waals surface area contributed by atoms with E-state index in [1.807, 2.05) is 25.1 Å². The van der Waals surface area contributed by atoms with Crippen LogP contribution in [-0.2, 0) is 16.2 Å². The van der Waals surface area contributed by atoms with E-state index in [1.54, 1.807) is 48.5 Å². The number of benzene rings is 3. The molecule has 0 aromatic heterocycles. The quantitative estimate of drug-likeness (QED) is 0.265. The van der Waals surface area contributed by atoms with Crippen molar-refractivity contribution in [1.82, 2.24) is 5.43 Å². The van der Waals surface area contributed by atoms with E-state index in [1.165, 1.54) is 6.21 Å². The zero-order chi connectivity index (χ0) is 23.6. The SMILES string of the molecule is CCOc1cc(C=NNC(=O)C(=O)Nc2ccccc2Cl)ccc1OCc1cccc(Cl)c1. The predicted octanol–water partition coefficient (Wildman–Crippen LogP) is 5.06. The molecular formula is C24H21Cl2N3O4. The molecule has 0 heterocycles. The largest absolute Gasteiger partial charge is 0.490 e. The van der Waals surface area contributed by atoms with Crippen molar-refractivity contribution < 1.29 is 19.1 Å². The number of para-hydroxylation sites is 1. The maximum absolute atomic E-state index is 12.0. The lowest BCUT2D eigenvalue weighted by Gasteiger charge is -2.12. The first-order valence-corrected chi connectivity index (χ1v) is 10.7. The fourth-order valence-corrected chi connectivity index (χ4v) is 3.13. The van der Waals surface area contributed by atoms with Gasteiger partial charge in [0.2, 0.25) is 0 Å². The molecule has 0 aliphatic rings. The number of halogens is 2. The Morgan fingerprint density at radius 3 is 2.52 bits per heavy atom. The topological polar surface area (TPSA) is 89.0 Å². The highest BCUT2D eigenvalue weighted by atomic mass is 35.5. The number of nitrogens with zero attached hydrogens (tertiary/aromatic N) is 1. The van der Waals surface area contributed by atoms with E-state index in [2.05, 4.69) is 15.8 Å². The highest BCUT2D eigenvalue weighted by Gasteiger charge is 2.14. The highest BCUT2D eigenvalue weighted by molar-refractivity contribution is 6.41. The van der Waals surface area contributed by atoms with Gasteiger partial charge in [-0.3, -0.25) is 9.59 Å². The van der Waals surface area contributed by atoms with Crippen LogP contribution in [0.5, 0.6) is 11.5 Å². The molecule has 9 heteroatoms. The number of nitrogens with one attached hydrogen (secondary N) is 2. The summed E-state index contributed by atoms with van der Waals surface area (Å²) in [6.07, 6.45) is 1.39. The monoisotopic (exact) mass is 485 g/mol. The fraction of sp³-hybridized carbons (Fsp3) is 0.125. The number of carbonyl (C=O) groups is 2. The van der Waals surface area contributed by atoms with Gasteiger partial charge in [0.15, 0.2) is 11.5 Å². The van der Waals surface area contributed by atoms with Crippen molar-refractivity contribution >= 4 is 46.9 Å². The summed E-state index contributed by atoms with van der Waals surface area (Å²) >= 11 is 12.0. The minimum Gasteiger partial charge on any atom is -0.490 e. The first-order valence-electron chi connectivity index (χ1n) is 9.99. The molecule has 0 fully saturated rings. The molecule has 0 aliphatic heterocycles. The third kappa shape index (κ3) is 7.24. The molecule has 2 N–H and O–H groups in total. The number of hydrogen-bond acceptors (Lipinski definition) is 5. The van der Waals surface area contributed by atoms with Crippen LogP contribution in [0.15, 0.2) is 71.8 Å². The Balaban J connectivity index is 1.60. The van der Waals surface area contributed by atoms with Crippen LogP contribution in [0.3, 0.4) is 0 Å². The van der Waals surface area contributed by atoms with Crippen LogP contribution >= 0.6 is 23.2 Å². The lowest BCUT2D eigenvalue weighted by molar-refractivity contribution is -0.136. The van der Waals surface area contributed by atoms with Crippen molar-refractivity contribution in [3.05, 3.63) is 87.9 Å². The Kier molecular flexibility index (Phi) is 8.69. The van der Waals surface area contributed by atoms with Gasteiger partial charge in [0.05, 0.1) is 23.5 Å². The molecule has 33 heavy (non-hydrogen) atoms. The molecular weight excluding hydrogens is 465 g/mol. The molecule has 3 rings (SSSR count). The number of anilines is 1. The van der Waals surface area contributed by atoms with Gasteiger partial charge in [0.1, 0.15) is 6.61 Å². The summed E-state index contributed by atoms with van der Waals surface area (Å²) < 4.78 is 11.5. The molecule has 0 saturated heterocycles. The molecule has 0 saturated carbocycles. The first-order chi connectivity index (χ1) is 16.0. The van der Waals surface area contributed by atoms with E-state index in [4.69, 9.17) is 32.7 Å². The van der Waals surface area contributed by atoms with E-state index in [0.717, 1.165) is 5.56 Å². The van der Waals surface area contributed by atoms with Gasteiger partial charge in [-0.1, -0.05) is 47.5 Å². The fourth-order valence-electron chi connectivity index (χ4n) is 2.74. The normalized spacial score (nSPS) is 10.6. The van der Waals surface area contributed by atoms with Gasteiger partial charge in [-0.2, -0.15) is 5.10 Å². The Morgan fingerprint density at radius 1 is 0.939 bits per heavy atom. The third-order valence-electron chi connectivity index (χ3n) is 4.26. The van der Waals surface area contributed by atoms with Crippen LogP contribution < -0.4 is 20.2 Å². The molecule has 0 unspecified atom stereocenters. The van der Waals surface area contributed by atoms with Gasteiger partial charge in [-0.15, -0.1) is 0 Å². The first kappa shape index (κ1) is 24.1. The molecule has 3 aromatic rings. The Labute approximate surface area is 201 Å². The van der Waals surface area contributed by atoms with E-state index in [-0.39, 0.29) is 0 Å². The van der Waals surface area contributed by atoms with E-state index < -0.39 is 11.8 Å². The number of ether oxygens (including phenoxy) is 2. The second-order valence-corrected chi connectivity index (χ2v) is 7.53. The maximum Gasteiger partial charge on any atom is 0.329 e. The maximum atomic E-state index is 12.0. The van der Waals surface area contributed by atoms with Crippen LogP contribution in [0, 0.1) is 0 Å². The summed E-state index contributed by atoms with van der Waals surface area (Å²) in [4.78, 5) is 24.0. The van der Waals surface area contributed by atoms with Crippen LogP contribution in [0.2, 0.25) is 10.0 Å². The summed E-state index contributed by atoms with van der Waals surface area (Å²) in [7, 11) is 0. The molecule has 170 valence electrons. The summed E-state index contributed by atoms with van der Waals surface area (Å²) in [5.41, 5.74) is 4.07. The standard InChI is InChI=1S/C24H21Cl2N3O4/c1-2-32-22-13-16(10-11-21(22)33-15-17-6-5-7-18(25)12-17)14-27-29-24(31)23(30)28-20-9-4-3-8-19(20)26/h3-14H,2,15H2,1H3,(H,28,30)(H,29,31). The minimum atomic E-state index is -0.933. The molecule has 0 radical (unpaired) electrons. The smallest absolute Gasteiger partial charge is 0.329 e. The Morgan fingerprint density at radius 2 is 1.76 bits per heavy atom. The van der Waals surface area contributed by atoms with Crippen LogP contribution in [-0.4, -0.2) is 24.6 Å². The number of carbonyl (C=O) groups excluding carboxylic acids is 2. The van der Waals surface area contributed by atoms with Gasteiger partial charge >= 0.3 is 11.8 Å². The van der Waals surface area contributed by atoms with Crippen molar-refractivity contribution in [2.45, 2.75) is 13.5 Å². The summed E-state index contributed by atoms with van der Waals surface area (Å²) in [5.74, 6) is -0.749. The van der Waals surface area contributed by atoms with Crippen molar-refractivity contribution in [2.24, 2.45) is 5.10 Å². The molecule has 0 spiro atoms. The molecule has 3 aromatic carbocycles. The minimum absolute atomic E-state index is 0.322. The second-order valence-electron chi connectivity index (χ2n) is 6.69. The number of rotatable bonds is 8. The number of hydrogen-bond donors (Lipinski definition) is 2. The van der Waals surface area contributed by atoms with Gasteiger partial charge < -0.3 is 14.8 Å². The van der Waals surface area contributed by atoms with Gasteiger partial charge in [-0.25, -0.2) is 5.43 Å². The summed E-state index contributed by atoms with van der Waals surface area (Å²) in [6.45, 7) is 2.62. The van der Waals surface area contributed by atoms with Crippen molar-refractivity contribution in [3.63, 3.8) is 0 Å². The molecule has 0 aliphatic carbocycles. The molecule has 0 bridgehead atoms. The van der Waals surface area contributed by atoms with Gasteiger partial charge in [0.25, 0.3) is 0 Å². The lowest BCUT2D eigenvalue weighted by Crippen LogP contribution is -2.32. The molecule has 0 atom stereocenters. The average molecular weight is 486 g/mol. The Bertz CT molecular complexity index is 1170. The average Bonchev–Trinajstić information content (AvgIpc) is 2.80. The summed E-state index contributed by atoms with van der Waals surface area (Å²) in [5, 5.41) is 7.21. The number of hydrazone groups is 1. The van der Waals surface area contributed by atoms with Crippen molar-refractivity contribution in [2.75, 3.05) is 11.9 Å². The van der Waals surface area contributed by atoms with E-state index >= 15 is 0 Å². The van der Waals surface area contributed by atoms with Crippen molar-refractivity contribution in [3.8, 4) is 11.5 Å². The summed E-state index contributed by atoms with van der Waals surface area (Å²) in [6, 6.07) is 19.2.